The molecule has 0 N–H and O–H groups in total. The lowest BCUT2D eigenvalue weighted by atomic mass is 10.0. The SMILES string of the molecule is COC(=O)c1ccc(-c2ccc(C(=O)OC)cc2OS(=O)(=O)C(F)(F)F)cc1. The predicted molar refractivity (Wildman–Crippen MR) is 90.2 cm³/mol. The molecule has 2 aromatic carbocycles. The molecule has 0 aliphatic rings. The predicted octanol–water partition coefficient (Wildman–Crippen LogP) is 3.16. The van der Waals surface area contributed by atoms with Crippen molar-refractivity contribution in [2.45, 2.75) is 5.51 Å². The first-order valence-electron chi connectivity index (χ1n) is 7.42. The molecule has 0 saturated carbocycles. The summed E-state index contributed by atoms with van der Waals surface area (Å²) in [7, 11) is -3.76. The Morgan fingerprint density at radius 1 is 0.857 bits per heavy atom. The highest BCUT2D eigenvalue weighted by Gasteiger charge is 2.48. The van der Waals surface area contributed by atoms with E-state index in [1.165, 1.54) is 43.5 Å². The highest BCUT2D eigenvalue weighted by Crippen LogP contribution is 2.35. The number of benzene rings is 2. The van der Waals surface area contributed by atoms with Gasteiger partial charge in [-0.05, 0) is 35.9 Å². The summed E-state index contributed by atoms with van der Waals surface area (Å²) in [4.78, 5) is 23.1. The highest BCUT2D eigenvalue weighted by atomic mass is 32.2. The summed E-state index contributed by atoms with van der Waals surface area (Å²) in [5.74, 6) is -2.27. The maximum absolute atomic E-state index is 12.7. The summed E-state index contributed by atoms with van der Waals surface area (Å²) in [6.07, 6.45) is 0. The molecule has 0 fully saturated rings. The van der Waals surface area contributed by atoms with Crippen LogP contribution in [-0.2, 0) is 19.6 Å². The quantitative estimate of drug-likeness (QED) is 0.418. The monoisotopic (exact) mass is 418 g/mol. The number of esters is 2. The number of rotatable bonds is 5. The highest BCUT2D eigenvalue weighted by molar-refractivity contribution is 7.88. The number of methoxy groups -OCH3 is 2. The van der Waals surface area contributed by atoms with Crippen molar-refractivity contribution in [1.82, 2.24) is 0 Å². The van der Waals surface area contributed by atoms with Crippen LogP contribution in [0.1, 0.15) is 20.7 Å². The Morgan fingerprint density at radius 3 is 1.86 bits per heavy atom. The van der Waals surface area contributed by atoms with Crippen LogP contribution in [0.3, 0.4) is 0 Å². The molecule has 0 aromatic heterocycles. The van der Waals surface area contributed by atoms with Crippen LogP contribution in [0.15, 0.2) is 42.5 Å². The van der Waals surface area contributed by atoms with E-state index >= 15 is 0 Å². The number of carbonyl (C=O) groups excluding carboxylic acids is 2. The minimum absolute atomic E-state index is 0.0584. The van der Waals surface area contributed by atoms with Crippen LogP contribution < -0.4 is 4.18 Å². The number of ether oxygens (including phenoxy) is 2. The Kier molecular flexibility index (Phi) is 5.98. The molecular formula is C17H13F3O7S. The summed E-state index contributed by atoms with van der Waals surface area (Å²) in [5, 5.41) is 0. The van der Waals surface area contributed by atoms with Crippen molar-refractivity contribution in [1.29, 1.82) is 0 Å². The largest absolute Gasteiger partial charge is 0.534 e. The molecule has 28 heavy (non-hydrogen) atoms. The van der Waals surface area contributed by atoms with E-state index in [4.69, 9.17) is 0 Å². The third-order valence-corrected chi connectivity index (χ3v) is 4.47. The normalized spacial score (nSPS) is 11.6. The van der Waals surface area contributed by atoms with Gasteiger partial charge in [-0.25, -0.2) is 9.59 Å². The Morgan fingerprint density at radius 2 is 1.36 bits per heavy atom. The van der Waals surface area contributed by atoms with Crippen molar-refractivity contribution in [2.75, 3.05) is 14.2 Å². The zero-order valence-electron chi connectivity index (χ0n) is 14.4. The van der Waals surface area contributed by atoms with Gasteiger partial charge < -0.3 is 13.7 Å². The zero-order chi connectivity index (χ0) is 21.1. The third-order valence-electron chi connectivity index (χ3n) is 3.50. The van der Waals surface area contributed by atoms with Crippen LogP contribution in [0.2, 0.25) is 0 Å². The average Bonchev–Trinajstić information content (AvgIpc) is 2.65. The van der Waals surface area contributed by atoms with Crippen molar-refractivity contribution in [2.24, 2.45) is 0 Å². The summed E-state index contributed by atoms with van der Waals surface area (Å²) in [5.41, 5.74) is -5.54. The number of halogens is 3. The average molecular weight is 418 g/mol. The van der Waals surface area contributed by atoms with E-state index in [2.05, 4.69) is 13.7 Å². The van der Waals surface area contributed by atoms with Crippen LogP contribution in [0.5, 0.6) is 5.75 Å². The van der Waals surface area contributed by atoms with Gasteiger partial charge in [-0.3, -0.25) is 0 Å². The fourth-order valence-corrected chi connectivity index (χ4v) is 2.61. The minimum Gasteiger partial charge on any atom is -0.465 e. The van der Waals surface area contributed by atoms with Gasteiger partial charge in [0.2, 0.25) is 0 Å². The van der Waals surface area contributed by atoms with Gasteiger partial charge in [0.05, 0.1) is 25.3 Å². The van der Waals surface area contributed by atoms with Gasteiger partial charge in [0.15, 0.2) is 5.75 Å². The summed E-state index contributed by atoms with van der Waals surface area (Å²) >= 11 is 0. The van der Waals surface area contributed by atoms with E-state index in [1.807, 2.05) is 0 Å². The van der Waals surface area contributed by atoms with Gasteiger partial charge in [0, 0.05) is 5.56 Å². The van der Waals surface area contributed by atoms with Crippen molar-refractivity contribution < 1.29 is 44.8 Å². The van der Waals surface area contributed by atoms with Crippen LogP contribution >= 0.6 is 0 Å². The molecule has 0 bridgehead atoms. The molecule has 2 rings (SSSR count). The summed E-state index contributed by atoms with van der Waals surface area (Å²) < 4.78 is 74.2. The minimum atomic E-state index is -5.98. The molecule has 2 aromatic rings. The van der Waals surface area contributed by atoms with Crippen LogP contribution in [0, 0.1) is 0 Å². The third kappa shape index (κ3) is 4.42. The lowest BCUT2D eigenvalue weighted by Gasteiger charge is -2.14. The van der Waals surface area contributed by atoms with Gasteiger partial charge in [0.1, 0.15) is 0 Å². The second kappa shape index (κ2) is 7.89. The Bertz CT molecular complexity index is 996. The standard InChI is InChI=1S/C17H13F3O7S/c1-25-15(21)11-5-3-10(4-6-11)13-8-7-12(16(22)26-2)9-14(13)27-28(23,24)17(18,19)20/h3-9H,1-2H3. The molecular weight excluding hydrogens is 405 g/mol. The first-order chi connectivity index (χ1) is 13.0. The Balaban J connectivity index is 2.57. The van der Waals surface area contributed by atoms with Gasteiger partial charge >= 0.3 is 27.6 Å². The summed E-state index contributed by atoms with van der Waals surface area (Å²) in [6.45, 7) is 0. The molecule has 0 atom stereocenters. The topological polar surface area (TPSA) is 96.0 Å². The van der Waals surface area contributed by atoms with Gasteiger partial charge in [-0.1, -0.05) is 12.1 Å². The number of carbonyl (C=O) groups is 2. The van der Waals surface area contributed by atoms with E-state index in [1.54, 1.807) is 0 Å². The fraction of sp³-hybridized carbons (Fsp3) is 0.176. The second-order valence-electron chi connectivity index (χ2n) is 5.25. The molecule has 0 spiro atoms. The maximum atomic E-state index is 12.7. The van der Waals surface area contributed by atoms with Crippen molar-refractivity contribution in [3.8, 4) is 16.9 Å². The molecule has 0 aliphatic carbocycles. The molecule has 0 unspecified atom stereocenters. The first-order valence-corrected chi connectivity index (χ1v) is 8.83. The van der Waals surface area contributed by atoms with E-state index in [0.717, 1.165) is 13.2 Å². The molecule has 7 nitrogen and oxygen atoms in total. The number of hydrogen-bond donors (Lipinski definition) is 0. The molecule has 0 amide bonds. The van der Waals surface area contributed by atoms with Gasteiger partial charge in [-0.15, -0.1) is 0 Å². The Hall–Kier alpha value is -3.08. The number of hydrogen-bond acceptors (Lipinski definition) is 7. The lowest BCUT2D eigenvalue weighted by molar-refractivity contribution is -0.0499. The van der Waals surface area contributed by atoms with Crippen LogP contribution in [0.4, 0.5) is 13.2 Å². The van der Waals surface area contributed by atoms with Gasteiger partial charge in [0.25, 0.3) is 0 Å². The van der Waals surface area contributed by atoms with Crippen LogP contribution in [-0.4, -0.2) is 40.1 Å². The maximum Gasteiger partial charge on any atom is 0.534 e. The van der Waals surface area contributed by atoms with Crippen molar-refractivity contribution in [3.05, 3.63) is 53.6 Å². The summed E-state index contributed by atoms with van der Waals surface area (Å²) in [6, 6.07) is 8.61. The molecule has 150 valence electrons. The lowest BCUT2D eigenvalue weighted by Crippen LogP contribution is -2.28. The fourth-order valence-electron chi connectivity index (χ4n) is 2.14. The van der Waals surface area contributed by atoms with E-state index in [9.17, 15) is 31.2 Å². The second-order valence-corrected chi connectivity index (χ2v) is 6.79. The van der Waals surface area contributed by atoms with Crippen LogP contribution in [0.25, 0.3) is 11.1 Å². The van der Waals surface area contributed by atoms with E-state index in [-0.39, 0.29) is 22.3 Å². The van der Waals surface area contributed by atoms with Gasteiger partial charge in [-0.2, -0.15) is 21.6 Å². The Labute approximate surface area is 157 Å². The van der Waals surface area contributed by atoms with E-state index in [0.29, 0.717) is 0 Å². The molecule has 11 heteroatoms. The molecule has 0 radical (unpaired) electrons. The number of alkyl halides is 3. The molecule has 0 saturated heterocycles. The van der Waals surface area contributed by atoms with E-state index < -0.39 is 33.3 Å². The smallest absolute Gasteiger partial charge is 0.465 e. The first kappa shape index (κ1) is 21.2. The zero-order valence-corrected chi connectivity index (χ0v) is 15.3. The molecule has 0 aliphatic heterocycles. The van der Waals surface area contributed by atoms with Crippen molar-refractivity contribution >= 4 is 22.1 Å². The van der Waals surface area contributed by atoms with Crippen molar-refractivity contribution in [3.63, 3.8) is 0 Å². The molecule has 0 heterocycles.